The zero-order chi connectivity index (χ0) is 8.97. The lowest BCUT2D eigenvalue weighted by Crippen LogP contribution is -2.31. The normalized spacial score (nSPS) is 9.42. The van der Waals surface area contributed by atoms with Crippen molar-refractivity contribution < 1.29 is 4.79 Å². The molecule has 0 heterocycles. The molecule has 0 fully saturated rings. The van der Waals surface area contributed by atoms with Crippen molar-refractivity contribution in [3.63, 3.8) is 0 Å². The van der Waals surface area contributed by atoms with E-state index in [4.69, 9.17) is 11.6 Å². The van der Waals surface area contributed by atoms with Crippen LogP contribution in [0.15, 0.2) is 24.3 Å². The van der Waals surface area contributed by atoms with Gasteiger partial charge in [0, 0.05) is 5.69 Å². The Morgan fingerprint density at radius 2 is 2.08 bits per heavy atom. The maximum absolute atomic E-state index is 10.8. The van der Waals surface area contributed by atoms with E-state index in [1.165, 1.54) is 0 Å². The highest BCUT2D eigenvalue weighted by Gasteiger charge is 2.02. The van der Waals surface area contributed by atoms with Crippen molar-refractivity contribution in [3.05, 3.63) is 29.8 Å². The summed E-state index contributed by atoms with van der Waals surface area (Å²) in [6.45, 7) is 0. The van der Waals surface area contributed by atoms with Crippen LogP contribution in [-0.2, 0) is 11.2 Å². The number of carbonyl (C=O) groups excluding carboxylic acids is 1. The average Bonchev–Trinajstić information content (AvgIpc) is 2.09. The Bertz CT molecular complexity index is 285. The Balaban J connectivity index is 2.75. The predicted octanol–water partition coefficient (Wildman–Crippen LogP) is -0.199. The van der Waals surface area contributed by atoms with Crippen LogP contribution in [-0.4, -0.2) is 5.91 Å². The van der Waals surface area contributed by atoms with Gasteiger partial charge >= 0.3 is 0 Å². The number of benzene rings is 1. The summed E-state index contributed by atoms with van der Waals surface area (Å²) in [6, 6.07) is 7.19. The molecular weight excluding hydrogens is 154 g/mol. The number of rotatable bonds is 2. The van der Waals surface area contributed by atoms with Crippen LogP contribution in [0.1, 0.15) is 5.56 Å². The predicted molar refractivity (Wildman–Crippen MR) is 46.9 cm³/mol. The Morgan fingerprint density at radius 3 is 2.67 bits per heavy atom. The SMILES string of the molecule is NNC(=O)Cc1ccccc1N. The number of para-hydroxylation sites is 1. The highest BCUT2D eigenvalue weighted by Crippen LogP contribution is 2.10. The molecule has 0 aromatic heterocycles. The molecule has 1 rings (SSSR count). The summed E-state index contributed by atoms with van der Waals surface area (Å²) in [6.07, 6.45) is 0.225. The molecule has 1 aromatic rings. The van der Waals surface area contributed by atoms with Crippen LogP contribution in [0.4, 0.5) is 5.69 Å². The van der Waals surface area contributed by atoms with Crippen molar-refractivity contribution in [1.82, 2.24) is 5.43 Å². The standard InChI is InChI=1S/C8H11N3O/c9-7-4-2-1-3-6(7)5-8(12)11-10/h1-4H,5,9-10H2,(H,11,12). The van der Waals surface area contributed by atoms with E-state index in [9.17, 15) is 4.79 Å². The molecular formula is C8H11N3O. The summed E-state index contributed by atoms with van der Waals surface area (Å²) >= 11 is 0. The quantitative estimate of drug-likeness (QED) is 0.246. The average molecular weight is 165 g/mol. The smallest absolute Gasteiger partial charge is 0.238 e. The number of nitrogen functional groups attached to an aromatic ring is 1. The van der Waals surface area contributed by atoms with Gasteiger partial charge in [0.15, 0.2) is 0 Å². The van der Waals surface area contributed by atoms with Gasteiger partial charge in [-0.15, -0.1) is 0 Å². The zero-order valence-electron chi connectivity index (χ0n) is 6.58. The van der Waals surface area contributed by atoms with Crippen LogP contribution in [0.3, 0.4) is 0 Å². The highest BCUT2D eigenvalue weighted by atomic mass is 16.2. The van der Waals surface area contributed by atoms with E-state index in [2.05, 4.69) is 0 Å². The largest absolute Gasteiger partial charge is 0.398 e. The highest BCUT2D eigenvalue weighted by molar-refractivity contribution is 5.79. The van der Waals surface area contributed by atoms with Gasteiger partial charge in [-0.3, -0.25) is 10.2 Å². The third-order valence-electron chi connectivity index (χ3n) is 1.57. The number of nitrogens with two attached hydrogens (primary N) is 2. The Kier molecular flexibility index (Phi) is 2.66. The molecule has 0 aliphatic rings. The van der Waals surface area contributed by atoms with Crippen LogP contribution in [0.25, 0.3) is 0 Å². The molecule has 0 radical (unpaired) electrons. The molecule has 0 spiro atoms. The third kappa shape index (κ3) is 1.96. The summed E-state index contributed by atoms with van der Waals surface area (Å²) in [5.41, 5.74) is 9.05. The third-order valence-corrected chi connectivity index (χ3v) is 1.57. The first-order valence-electron chi connectivity index (χ1n) is 3.57. The number of carbonyl (C=O) groups is 1. The summed E-state index contributed by atoms with van der Waals surface area (Å²) in [5.74, 6) is 4.69. The van der Waals surface area contributed by atoms with Crippen LogP contribution in [0.2, 0.25) is 0 Å². The minimum Gasteiger partial charge on any atom is -0.398 e. The van der Waals surface area contributed by atoms with E-state index in [1.54, 1.807) is 12.1 Å². The molecule has 0 aliphatic heterocycles. The van der Waals surface area contributed by atoms with E-state index < -0.39 is 0 Å². The Labute approximate surface area is 70.5 Å². The molecule has 64 valence electrons. The van der Waals surface area contributed by atoms with Gasteiger partial charge in [0.25, 0.3) is 0 Å². The zero-order valence-corrected chi connectivity index (χ0v) is 6.58. The molecule has 0 atom stereocenters. The molecule has 1 aromatic carbocycles. The van der Waals surface area contributed by atoms with E-state index in [0.29, 0.717) is 5.69 Å². The van der Waals surface area contributed by atoms with Gasteiger partial charge in [0.05, 0.1) is 6.42 Å². The van der Waals surface area contributed by atoms with Crippen molar-refractivity contribution in [1.29, 1.82) is 0 Å². The molecule has 4 heteroatoms. The van der Waals surface area contributed by atoms with Crippen molar-refractivity contribution in [2.75, 3.05) is 5.73 Å². The van der Waals surface area contributed by atoms with Crippen molar-refractivity contribution in [2.45, 2.75) is 6.42 Å². The maximum atomic E-state index is 10.8. The lowest BCUT2D eigenvalue weighted by molar-refractivity contribution is -0.120. The lowest BCUT2D eigenvalue weighted by atomic mass is 10.1. The van der Waals surface area contributed by atoms with Gasteiger partial charge in [-0.1, -0.05) is 18.2 Å². The topological polar surface area (TPSA) is 81.1 Å². The van der Waals surface area contributed by atoms with Gasteiger partial charge in [-0.2, -0.15) is 0 Å². The second kappa shape index (κ2) is 3.73. The second-order valence-corrected chi connectivity index (χ2v) is 2.44. The maximum Gasteiger partial charge on any atom is 0.238 e. The summed E-state index contributed by atoms with van der Waals surface area (Å²) in [4.78, 5) is 10.8. The van der Waals surface area contributed by atoms with E-state index in [-0.39, 0.29) is 12.3 Å². The Morgan fingerprint density at radius 1 is 1.42 bits per heavy atom. The molecule has 12 heavy (non-hydrogen) atoms. The molecule has 0 unspecified atom stereocenters. The summed E-state index contributed by atoms with van der Waals surface area (Å²) < 4.78 is 0. The van der Waals surface area contributed by atoms with Gasteiger partial charge in [-0.25, -0.2) is 5.84 Å². The molecule has 0 saturated heterocycles. The number of hydrogen-bond acceptors (Lipinski definition) is 3. The molecule has 0 saturated carbocycles. The second-order valence-electron chi connectivity index (χ2n) is 2.44. The van der Waals surface area contributed by atoms with Gasteiger partial charge in [0.1, 0.15) is 0 Å². The first-order valence-corrected chi connectivity index (χ1v) is 3.57. The fraction of sp³-hybridized carbons (Fsp3) is 0.125. The van der Waals surface area contributed by atoms with Crippen LogP contribution in [0, 0.1) is 0 Å². The van der Waals surface area contributed by atoms with Gasteiger partial charge < -0.3 is 5.73 Å². The van der Waals surface area contributed by atoms with Gasteiger partial charge in [-0.05, 0) is 11.6 Å². The fourth-order valence-corrected chi connectivity index (χ4v) is 0.919. The van der Waals surface area contributed by atoms with Crippen LogP contribution >= 0.6 is 0 Å². The lowest BCUT2D eigenvalue weighted by Gasteiger charge is -2.02. The van der Waals surface area contributed by atoms with E-state index >= 15 is 0 Å². The van der Waals surface area contributed by atoms with Crippen molar-refractivity contribution in [3.8, 4) is 0 Å². The first-order chi connectivity index (χ1) is 5.74. The first kappa shape index (κ1) is 8.55. The fourth-order valence-electron chi connectivity index (χ4n) is 0.919. The van der Waals surface area contributed by atoms with Crippen LogP contribution < -0.4 is 17.0 Å². The number of anilines is 1. The molecule has 5 N–H and O–H groups in total. The minimum absolute atomic E-state index is 0.225. The van der Waals surface area contributed by atoms with E-state index in [0.717, 1.165) is 5.56 Å². The van der Waals surface area contributed by atoms with Gasteiger partial charge in [0.2, 0.25) is 5.91 Å². The monoisotopic (exact) mass is 165 g/mol. The molecule has 1 amide bonds. The van der Waals surface area contributed by atoms with Crippen molar-refractivity contribution in [2.24, 2.45) is 5.84 Å². The minimum atomic E-state index is -0.243. The molecule has 0 aliphatic carbocycles. The number of hydrogen-bond donors (Lipinski definition) is 3. The molecule has 0 bridgehead atoms. The van der Waals surface area contributed by atoms with Crippen LogP contribution in [0.5, 0.6) is 0 Å². The summed E-state index contributed by atoms with van der Waals surface area (Å²) in [5, 5.41) is 0. The molecule has 4 nitrogen and oxygen atoms in total. The van der Waals surface area contributed by atoms with Crippen molar-refractivity contribution >= 4 is 11.6 Å². The summed E-state index contributed by atoms with van der Waals surface area (Å²) in [7, 11) is 0. The van der Waals surface area contributed by atoms with E-state index in [1.807, 2.05) is 17.6 Å². The number of nitrogens with one attached hydrogen (secondary N) is 1. The Hall–Kier alpha value is -1.55. The number of amides is 1. The number of hydrazine groups is 1.